The molecule has 1 aromatic heterocycles. The smallest absolute Gasteiger partial charge is 0.351 e. The van der Waals surface area contributed by atoms with E-state index in [0.29, 0.717) is 4.57 Å². The molecule has 1 aromatic rings. The Kier molecular flexibility index (Phi) is 6.48. The molecule has 1 aliphatic heterocycles. The van der Waals surface area contributed by atoms with Gasteiger partial charge in [0.2, 0.25) is 6.23 Å². The topological polar surface area (TPSA) is 134 Å². The molecule has 0 saturated carbocycles. The molecule has 3 N–H and O–H groups in total. The zero-order chi connectivity index (χ0) is 19.9. The van der Waals surface area contributed by atoms with Gasteiger partial charge in [-0.3, -0.25) is 13.7 Å². The second kappa shape index (κ2) is 7.64. The lowest BCUT2D eigenvalue weighted by atomic mass is 10.1. The van der Waals surface area contributed by atoms with Gasteiger partial charge in [-0.15, -0.1) is 0 Å². The monoisotopic (exact) mass is 475 g/mol. The number of rotatable bonds is 6. The van der Waals surface area contributed by atoms with E-state index in [4.69, 9.17) is 48.7 Å². The predicted molar refractivity (Wildman–Crippen MR) is 91.4 cm³/mol. The highest BCUT2D eigenvalue weighted by Gasteiger charge is 2.60. The van der Waals surface area contributed by atoms with Crippen molar-refractivity contribution in [3.8, 4) is 0 Å². The molecule has 1 saturated heterocycles. The van der Waals surface area contributed by atoms with Gasteiger partial charge in [-0.2, -0.15) is 13.8 Å². The highest BCUT2D eigenvalue weighted by atomic mass is 35.9. The fraction of sp³-hybridized carbons (Fsp3) is 0.600. The van der Waals surface area contributed by atoms with Crippen LogP contribution in [0.1, 0.15) is 6.23 Å². The number of hydrogen-bond donors (Lipinski definition) is 2. The van der Waals surface area contributed by atoms with Crippen molar-refractivity contribution in [2.24, 2.45) is 0 Å². The minimum atomic E-state index is -4.13. The minimum Gasteiger partial charge on any atom is -0.384 e. The molecule has 148 valence electrons. The van der Waals surface area contributed by atoms with Crippen molar-refractivity contribution < 1.29 is 32.3 Å². The first-order valence-corrected chi connectivity index (χ1v) is 13.1. The number of nitrogen functional groups attached to an aromatic ring is 1. The highest BCUT2D eigenvalue weighted by Crippen LogP contribution is 2.70. The number of alkyl halides is 2. The van der Waals surface area contributed by atoms with Gasteiger partial charge >= 0.3 is 11.6 Å². The summed E-state index contributed by atoms with van der Waals surface area (Å²) in [6, 6.07) is 1.09. The number of aromatic nitrogens is 2. The second-order valence-electron chi connectivity index (χ2n) is 5.29. The van der Waals surface area contributed by atoms with Gasteiger partial charge in [-0.1, -0.05) is 0 Å². The van der Waals surface area contributed by atoms with Gasteiger partial charge in [-0.25, -0.2) is 4.79 Å². The van der Waals surface area contributed by atoms with Crippen LogP contribution < -0.4 is 11.4 Å². The van der Waals surface area contributed by atoms with E-state index in [1.165, 1.54) is 0 Å². The predicted octanol–water partition coefficient (Wildman–Crippen LogP) is 2.80. The Bertz CT molecular complexity index is 836. The van der Waals surface area contributed by atoms with Crippen LogP contribution in [0.15, 0.2) is 17.1 Å². The van der Waals surface area contributed by atoms with E-state index in [0.717, 1.165) is 12.3 Å². The van der Waals surface area contributed by atoms with Crippen molar-refractivity contribution in [2.75, 3.05) is 18.2 Å². The first kappa shape index (κ1) is 22.0. The molecule has 4 atom stereocenters. The number of aliphatic hydroxyl groups excluding tert-OH is 1. The zero-order valence-corrected chi connectivity index (χ0v) is 16.6. The second-order valence-corrected chi connectivity index (χ2v) is 14.3. The quantitative estimate of drug-likeness (QED) is 0.599. The summed E-state index contributed by atoms with van der Waals surface area (Å²) in [5, 5.41) is 9.77. The third-order valence-corrected chi connectivity index (χ3v) is 9.63. The van der Waals surface area contributed by atoms with Crippen LogP contribution in [0.25, 0.3) is 0 Å². The third-order valence-electron chi connectivity index (χ3n) is 3.25. The van der Waals surface area contributed by atoms with Crippen molar-refractivity contribution >= 4 is 52.1 Å². The molecule has 1 aliphatic rings. The lowest BCUT2D eigenvalue weighted by Crippen LogP contribution is -2.41. The molecule has 0 aliphatic carbocycles. The molecular weight excluding hydrogens is 464 g/mol. The summed E-state index contributed by atoms with van der Waals surface area (Å²) in [5.74, 6) is -8.87. The highest BCUT2D eigenvalue weighted by molar-refractivity contribution is 8.14. The number of nitrogens with two attached hydrogens (primary N) is 1. The Morgan fingerprint density at radius 1 is 1.42 bits per heavy atom. The van der Waals surface area contributed by atoms with Crippen LogP contribution in [0.3, 0.4) is 0 Å². The van der Waals surface area contributed by atoms with E-state index in [1.54, 1.807) is 0 Å². The van der Waals surface area contributed by atoms with Crippen LogP contribution in [0.4, 0.5) is 14.6 Å². The molecule has 0 amide bonds. The molecule has 2 rings (SSSR count). The van der Waals surface area contributed by atoms with Crippen LogP contribution in [0.5, 0.6) is 0 Å². The molecule has 1 fully saturated rings. The summed E-state index contributed by atoms with van der Waals surface area (Å²) in [6.45, 7) is -4.99. The molecule has 0 aromatic carbocycles. The van der Waals surface area contributed by atoms with Crippen molar-refractivity contribution in [2.45, 2.75) is 24.4 Å². The van der Waals surface area contributed by atoms with E-state index in [2.05, 4.69) is 4.98 Å². The number of anilines is 1. The van der Waals surface area contributed by atoms with Gasteiger partial charge in [0.05, 0.1) is 6.61 Å². The van der Waals surface area contributed by atoms with Gasteiger partial charge in [0.25, 0.3) is 12.6 Å². The molecule has 2 heterocycles. The van der Waals surface area contributed by atoms with Crippen molar-refractivity contribution in [1.82, 2.24) is 9.55 Å². The van der Waals surface area contributed by atoms with E-state index < -0.39 is 55.1 Å². The number of halogens is 5. The molecule has 0 radical (unpaired) electrons. The van der Waals surface area contributed by atoms with Crippen molar-refractivity contribution in [3.05, 3.63) is 22.7 Å². The van der Waals surface area contributed by atoms with Crippen LogP contribution in [0.2, 0.25) is 0 Å². The molecule has 26 heavy (non-hydrogen) atoms. The molecule has 0 bridgehead atoms. The maximum absolute atomic E-state index is 14.3. The summed E-state index contributed by atoms with van der Waals surface area (Å²) < 4.78 is 61.8. The van der Waals surface area contributed by atoms with E-state index in [9.17, 15) is 27.8 Å². The van der Waals surface area contributed by atoms with Gasteiger partial charge in [0, 0.05) is 6.20 Å². The summed E-state index contributed by atoms with van der Waals surface area (Å²) in [4.78, 5) is 15.0. The number of ether oxygens (including phenoxy) is 1. The fourth-order valence-electron chi connectivity index (χ4n) is 2.13. The van der Waals surface area contributed by atoms with Crippen LogP contribution in [0, 0.1) is 0 Å². The Morgan fingerprint density at radius 2 is 2.04 bits per heavy atom. The van der Waals surface area contributed by atoms with Gasteiger partial charge in [-0.05, 0) is 39.8 Å². The normalized spacial score (nSPS) is 28.0. The number of hydrogen-bond acceptors (Lipinski definition) is 8. The average Bonchev–Trinajstić information content (AvgIpc) is 2.66. The number of nitrogens with zero attached hydrogens (tertiary/aromatic N) is 2. The maximum Gasteiger partial charge on any atom is 0.351 e. The Balaban J connectivity index is 2.17. The minimum absolute atomic E-state index is 0.192. The maximum atomic E-state index is 14.3. The number of aliphatic hydroxyl groups is 1. The largest absolute Gasteiger partial charge is 0.384 e. The van der Waals surface area contributed by atoms with Crippen molar-refractivity contribution in [1.29, 1.82) is 0 Å². The van der Waals surface area contributed by atoms with E-state index in [-0.39, 0.29) is 5.82 Å². The van der Waals surface area contributed by atoms with Gasteiger partial charge in [0.1, 0.15) is 17.8 Å². The summed E-state index contributed by atoms with van der Waals surface area (Å²) in [6.07, 6.45) is -5.43. The molecule has 1 unspecified atom stereocenters. The lowest BCUT2D eigenvalue weighted by molar-refractivity contribution is -0.140. The lowest BCUT2D eigenvalue weighted by Gasteiger charge is -2.20. The standard InChI is InChI=1S/C10H12Cl3F2N3O6P2/c11-25(12,21)4-26(13,22)23-3-5-7(19)10(14,15)8(24-5)18-2-1-6(16)17-9(18)20/h1-2,5,7-8,19H,3-4H2,(H2,16,17,20)/t5-,7+,8-,26?/m1/s1. The summed E-state index contributed by atoms with van der Waals surface area (Å²) >= 11 is 16.0. The average molecular weight is 477 g/mol. The first-order valence-electron chi connectivity index (χ1n) is 6.70. The van der Waals surface area contributed by atoms with Gasteiger partial charge < -0.3 is 20.1 Å². The van der Waals surface area contributed by atoms with Crippen molar-refractivity contribution in [3.63, 3.8) is 0 Å². The Hall–Kier alpha value is -0.250. The van der Waals surface area contributed by atoms with Crippen LogP contribution in [-0.4, -0.2) is 45.3 Å². The molecule has 16 heteroatoms. The molecule has 0 spiro atoms. The van der Waals surface area contributed by atoms with Gasteiger partial charge in [0.15, 0.2) is 6.10 Å². The van der Waals surface area contributed by atoms with E-state index >= 15 is 0 Å². The Morgan fingerprint density at radius 3 is 2.58 bits per heavy atom. The molecular formula is C10H12Cl3F2N3O6P2. The molecule has 9 nitrogen and oxygen atoms in total. The third kappa shape index (κ3) is 5.17. The Labute approximate surface area is 159 Å². The summed E-state index contributed by atoms with van der Waals surface area (Å²) in [5.41, 5.74) is 4.15. The SMILES string of the molecule is Nc1ccn([C@@H]2O[C@H](COP(=O)(Cl)CP(=O)(Cl)Cl)[C@H](O)C2(F)F)c(=O)n1. The van der Waals surface area contributed by atoms with Crippen LogP contribution >= 0.6 is 46.3 Å². The fourth-order valence-corrected chi connectivity index (χ4v) is 9.44. The zero-order valence-electron chi connectivity index (χ0n) is 12.5. The van der Waals surface area contributed by atoms with Crippen LogP contribution in [-0.2, 0) is 18.4 Å². The van der Waals surface area contributed by atoms with E-state index in [1.807, 2.05) is 0 Å². The first-order chi connectivity index (χ1) is 11.7. The summed E-state index contributed by atoms with van der Waals surface area (Å²) in [7, 11) is 0.